The van der Waals surface area contributed by atoms with Crippen molar-refractivity contribution in [1.29, 1.82) is 0 Å². The second kappa shape index (κ2) is 12.2. The third kappa shape index (κ3) is 6.29. The molecule has 9 heteroatoms. The lowest BCUT2D eigenvalue weighted by Gasteiger charge is -2.34. The summed E-state index contributed by atoms with van der Waals surface area (Å²) in [5.74, 6) is 0. The number of hydrogen-bond donors (Lipinski definition) is 3. The lowest BCUT2D eigenvalue weighted by atomic mass is 9.95. The maximum absolute atomic E-state index is 13.9. The second-order valence-corrected chi connectivity index (χ2v) is 13.6. The van der Waals surface area contributed by atoms with Crippen molar-refractivity contribution in [2.75, 3.05) is 0 Å². The fourth-order valence-electron chi connectivity index (χ4n) is 4.68. The maximum Gasteiger partial charge on any atom is 0.185 e. The van der Waals surface area contributed by atoms with Gasteiger partial charge in [-0.05, 0) is 41.8 Å². The Morgan fingerprint density at radius 3 is 1.46 bits per heavy atom. The molecule has 0 aromatic heterocycles. The van der Waals surface area contributed by atoms with Crippen LogP contribution in [0.15, 0.2) is 131 Å². The van der Waals surface area contributed by atoms with Gasteiger partial charge in [0.05, 0.1) is 21.1 Å². The SMILES string of the molecule is NC(c1ccccc1)C(C(O)C(O)C(Cc1ccccc1)S(=O)(=O)c1ccccc1)S(=O)(=O)c1ccccc1. The topological polar surface area (TPSA) is 135 Å². The van der Waals surface area contributed by atoms with Crippen LogP contribution in [0.4, 0.5) is 0 Å². The van der Waals surface area contributed by atoms with Gasteiger partial charge in [0.25, 0.3) is 0 Å². The second-order valence-electron chi connectivity index (χ2n) is 9.33. The Balaban J connectivity index is 1.82. The van der Waals surface area contributed by atoms with Crippen molar-refractivity contribution >= 4 is 19.7 Å². The largest absolute Gasteiger partial charge is 0.389 e. The molecule has 39 heavy (non-hydrogen) atoms. The average Bonchev–Trinajstić information content (AvgIpc) is 2.97. The van der Waals surface area contributed by atoms with Crippen molar-refractivity contribution in [2.45, 2.75) is 45.0 Å². The first-order chi connectivity index (χ1) is 18.6. The third-order valence-electron chi connectivity index (χ3n) is 6.79. The van der Waals surface area contributed by atoms with Crippen LogP contribution in [-0.2, 0) is 26.1 Å². The summed E-state index contributed by atoms with van der Waals surface area (Å²) >= 11 is 0. The number of benzene rings is 4. The number of aliphatic hydroxyl groups excluding tert-OH is 2. The van der Waals surface area contributed by atoms with Gasteiger partial charge in [-0.3, -0.25) is 0 Å². The first-order valence-corrected chi connectivity index (χ1v) is 15.5. The van der Waals surface area contributed by atoms with Gasteiger partial charge in [0, 0.05) is 6.04 Å². The highest BCUT2D eigenvalue weighted by Crippen LogP contribution is 2.32. The van der Waals surface area contributed by atoms with Crippen LogP contribution in [0.2, 0.25) is 0 Å². The van der Waals surface area contributed by atoms with Crippen molar-refractivity contribution in [2.24, 2.45) is 5.73 Å². The molecule has 4 aromatic carbocycles. The van der Waals surface area contributed by atoms with Crippen LogP contribution < -0.4 is 5.73 Å². The summed E-state index contributed by atoms with van der Waals surface area (Å²) in [7, 11) is -8.56. The molecule has 0 spiro atoms. The highest BCUT2D eigenvalue weighted by Gasteiger charge is 2.47. The zero-order valence-corrected chi connectivity index (χ0v) is 22.7. The zero-order chi connectivity index (χ0) is 28.0. The molecule has 0 heterocycles. The summed E-state index contributed by atoms with van der Waals surface area (Å²) < 4.78 is 55.4. The van der Waals surface area contributed by atoms with E-state index in [0.29, 0.717) is 11.1 Å². The van der Waals surface area contributed by atoms with E-state index >= 15 is 0 Å². The molecular weight excluding hydrogens is 534 g/mol. The standard InChI is InChI=1S/C30H31NO6S2/c31-27(23-15-7-2-8-16-23)30(39(36,37)25-19-11-4-12-20-25)29(33)28(32)26(21-22-13-5-1-6-14-22)38(34,35)24-17-9-3-10-18-24/h1-20,26-30,32-33H,21,31H2. The maximum atomic E-state index is 13.9. The Morgan fingerprint density at radius 1 is 0.564 bits per heavy atom. The zero-order valence-electron chi connectivity index (χ0n) is 21.1. The molecule has 0 saturated heterocycles. The molecule has 5 unspecified atom stereocenters. The van der Waals surface area contributed by atoms with Crippen LogP contribution in [0.25, 0.3) is 0 Å². The van der Waals surface area contributed by atoms with Crippen molar-refractivity contribution in [3.63, 3.8) is 0 Å². The quantitative estimate of drug-likeness (QED) is 0.254. The molecule has 5 atom stereocenters. The van der Waals surface area contributed by atoms with Gasteiger partial charge in [0.2, 0.25) is 0 Å². The number of nitrogens with two attached hydrogens (primary N) is 1. The molecule has 0 aliphatic rings. The van der Waals surface area contributed by atoms with Crippen molar-refractivity contribution < 1.29 is 27.0 Å². The van der Waals surface area contributed by atoms with Crippen molar-refractivity contribution in [1.82, 2.24) is 0 Å². The van der Waals surface area contributed by atoms with Crippen LogP contribution >= 0.6 is 0 Å². The van der Waals surface area contributed by atoms with Gasteiger partial charge in [0.1, 0.15) is 11.4 Å². The van der Waals surface area contributed by atoms with Crippen LogP contribution in [0.3, 0.4) is 0 Å². The number of aliphatic hydroxyl groups is 2. The highest BCUT2D eigenvalue weighted by molar-refractivity contribution is 7.92. The monoisotopic (exact) mass is 565 g/mol. The predicted molar refractivity (Wildman–Crippen MR) is 150 cm³/mol. The van der Waals surface area contributed by atoms with Crippen LogP contribution in [0.1, 0.15) is 17.2 Å². The van der Waals surface area contributed by atoms with E-state index in [1.807, 2.05) is 0 Å². The Kier molecular flexibility index (Phi) is 8.99. The molecule has 4 aromatic rings. The summed E-state index contributed by atoms with van der Waals surface area (Å²) in [6, 6.07) is 30.8. The smallest absolute Gasteiger partial charge is 0.185 e. The Hall–Kier alpha value is -3.34. The summed E-state index contributed by atoms with van der Waals surface area (Å²) in [5, 5.41) is 19.8. The summed E-state index contributed by atoms with van der Waals surface area (Å²) in [6.45, 7) is 0. The lowest BCUT2D eigenvalue weighted by molar-refractivity contribution is 0.0107. The molecule has 0 radical (unpaired) electrons. The number of hydrogen-bond acceptors (Lipinski definition) is 7. The molecule has 0 saturated carbocycles. The van der Waals surface area contributed by atoms with E-state index in [0.717, 1.165) is 0 Å². The fraction of sp³-hybridized carbons (Fsp3) is 0.200. The molecule has 0 amide bonds. The normalized spacial score (nSPS) is 16.1. The first-order valence-electron chi connectivity index (χ1n) is 12.4. The Morgan fingerprint density at radius 2 is 0.974 bits per heavy atom. The van der Waals surface area contributed by atoms with Gasteiger partial charge >= 0.3 is 0 Å². The molecule has 204 valence electrons. The molecular formula is C30H31NO6S2. The minimum Gasteiger partial charge on any atom is -0.389 e. The molecule has 4 N–H and O–H groups in total. The molecule has 0 bridgehead atoms. The lowest BCUT2D eigenvalue weighted by Crippen LogP contribution is -2.53. The summed E-state index contributed by atoms with van der Waals surface area (Å²) in [6.07, 6.45) is -4.19. The minimum atomic E-state index is -4.34. The number of rotatable bonds is 11. The van der Waals surface area contributed by atoms with E-state index in [4.69, 9.17) is 5.73 Å². The predicted octanol–water partition coefficient (Wildman–Crippen LogP) is 3.34. The van der Waals surface area contributed by atoms with Gasteiger partial charge in [-0.15, -0.1) is 0 Å². The minimum absolute atomic E-state index is 0.0491. The summed E-state index contributed by atoms with van der Waals surface area (Å²) in [5.41, 5.74) is 7.49. The van der Waals surface area contributed by atoms with E-state index < -0.39 is 48.4 Å². The van der Waals surface area contributed by atoms with E-state index in [-0.39, 0.29) is 16.2 Å². The van der Waals surface area contributed by atoms with Gasteiger partial charge < -0.3 is 15.9 Å². The van der Waals surface area contributed by atoms with E-state index in [1.54, 1.807) is 97.1 Å². The summed E-state index contributed by atoms with van der Waals surface area (Å²) in [4.78, 5) is -0.148. The van der Waals surface area contributed by atoms with Crippen LogP contribution in [0, 0.1) is 0 Å². The fourth-order valence-corrected chi connectivity index (χ4v) is 8.43. The van der Waals surface area contributed by atoms with Gasteiger partial charge in [-0.2, -0.15) is 0 Å². The Labute approximate surface area is 229 Å². The van der Waals surface area contributed by atoms with Crippen molar-refractivity contribution in [3.8, 4) is 0 Å². The van der Waals surface area contributed by atoms with Gasteiger partial charge in [0.15, 0.2) is 19.7 Å². The van der Waals surface area contributed by atoms with E-state index in [9.17, 15) is 27.0 Å². The molecule has 4 rings (SSSR count). The first kappa shape index (κ1) is 28.7. The van der Waals surface area contributed by atoms with Crippen LogP contribution in [0.5, 0.6) is 0 Å². The molecule has 0 aliphatic heterocycles. The van der Waals surface area contributed by atoms with Crippen LogP contribution in [-0.4, -0.2) is 49.8 Å². The molecule has 0 aliphatic carbocycles. The van der Waals surface area contributed by atoms with Gasteiger partial charge in [-0.1, -0.05) is 97.1 Å². The molecule has 0 fully saturated rings. The van der Waals surface area contributed by atoms with E-state index in [2.05, 4.69) is 0 Å². The van der Waals surface area contributed by atoms with Gasteiger partial charge in [-0.25, -0.2) is 16.8 Å². The average molecular weight is 566 g/mol. The highest BCUT2D eigenvalue weighted by atomic mass is 32.2. The Bertz CT molecular complexity index is 1550. The number of sulfone groups is 2. The molecule has 7 nitrogen and oxygen atoms in total. The van der Waals surface area contributed by atoms with Crippen molar-refractivity contribution in [3.05, 3.63) is 132 Å². The third-order valence-corrected chi connectivity index (χ3v) is 11.2. The van der Waals surface area contributed by atoms with E-state index in [1.165, 1.54) is 24.3 Å².